The number of hydrogen-bond donors (Lipinski definition) is 2. The molecule has 2 N–H and O–H groups in total. The van der Waals surface area contributed by atoms with Crippen LogP contribution in [0.2, 0.25) is 6.25 Å². The number of hydrogen-bond acceptors (Lipinski definition) is 2. The van der Waals surface area contributed by atoms with Gasteiger partial charge < -0.3 is 10.2 Å². The van der Waals surface area contributed by atoms with E-state index in [1.54, 1.807) is 12.1 Å². The van der Waals surface area contributed by atoms with Crippen LogP contribution >= 0.6 is 0 Å². The molecule has 19 heavy (non-hydrogen) atoms. The third kappa shape index (κ3) is 9.89. The van der Waals surface area contributed by atoms with Crippen molar-refractivity contribution in [2.45, 2.75) is 47.8 Å². The van der Waals surface area contributed by atoms with E-state index < -0.39 is 5.97 Å². The fraction of sp³-hybridized carbons (Fsp3) is 0.533. The summed E-state index contributed by atoms with van der Waals surface area (Å²) in [6.07, 6.45) is 0. The van der Waals surface area contributed by atoms with Gasteiger partial charge in [0.05, 0.1) is 0 Å². The second-order valence-corrected chi connectivity index (χ2v) is 14.4. The number of aromatic carboxylic acids is 1. The predicted molar refractivity (Wildman–Crippen MR) is 74.5 cm³/mol. The maximum absolute atomic E-state index is 10.3. The maximum Gasteiger partial charge on any atom is 0.339 e. The number of para-hydroxylation sites is 1. The normalized spacial score (nSPS) is 11.3. The molecule has 0 aromatic heterocycles. The molecule has 1 rings (SSSR count). The van der Waals surface area contributed by atoms with Gasteiger partial charge in [-0.3, -0.25) is 0 Å². The first-order valence-corrected chi connectivity index (χ1v) is 8.69. The van der Waals surface area contributed by atoms with Gasteiger partial charge in [0, 0.05) is 0 Å². The first kappa shape index (κ1) is 18.4. The fourth-order valence-electron chi connectivity index (χ4n) is 1.78. The molecule has 4 heteroatoms. The maximum atomic E-state index is 10.3. The molecule has 0 unspecified atom stereocenters. The van der Waals surface area contributed by atoms with E-state index in [9.17, 15) is 4.79 Å². The molecule has 106 valence electrons. The van der Waals surface area contributed by atoms with E-state index in [4.69, 9.17) is 10.2 Å². The smallest absolute Gasteiger partial charge is 0.339 e. The Morgan fingerprint density at radius 2 is 1.42 bits per heavy atom. The van der Waals surface area contributed by atoms with Crippen LogP contribution in [0.25, 0.3) is 0 Å². The van der Waals surface area contributed by atoms with Crippen LogP contribution in [0.5, 0.6) is 5.75 Å². The van der Waals surface area contributed by atoms with E-state index in [-0.39, 0.29) is 34.5 Å². The van der Waals surface area contributed by atoms with Crippen molar-refractivity contribution in [3.63, 3.8) is 0 Å². The standard InChI is InChI=1S/C7H6O3.2C4H9.Zr/c8-6-4-2-1-3-5(6)7(9)10;2*1-4(2)3;/h1-4,8H,(H,9,10);2*1-3H3;. The number of rotatable bonds is 1. The molecular formula is C15H24O3Zr. The minimum absolute atomic E-state index is 0.0671. The van der Waals surface area contributed by atoms with Crippen LogP contribution in [-0.2, 0) is 23.2 Å². The number of benzene rings is 1. The largest absolute Gasteiger partial charge is 0.507 e. The number of aromatic hydroxyl groups is 1. The fourth-order valence-corrected chi connectivity index (χ4v) is 7.31. The zero-order valence-corrected chi connectivity index (χ0v) is 15.1. The Bertz CT molecular complexity index is 402. The van der Waals surface area contributed by atoms with Gasteiger partial charge >= 0.3 is 77.0 Å². The molecule has 0 radical (unpaired) electrons. The molecule has 0 fully saturated rings. The Hall–Kier alpha value is -0.627. The molecule has 0 bridgehead atoms. The van der Waals surface area contributed by atoms with Gasteiger partial charge in [-0.2, -0.15) is 0 Å². The zero-order chi connectivity index (χ0) is 15.3. The molecule has 1 aromatic carbocycles. The summed E-state index contributed by atoms with van der Waals surface area (Å²) in [6, 6.07) is 5.81. The van der Waals surface area contributed by atoms with Crippen molar-refractivity contribution >= 4 is 5.97 Å². The molecule has 0 aliphatic carbocycles. The van der Waals surface area contributed by atoms with Crippen LogP contribution in [0.3, 0.4) is 0 Å². The van der Waals surface area contributed by atoms with Gasteiger partial charge in [0.2, 0.25) is 0 Å². The average molecular weight is 344 g/mol. The SMILES string of the molecule is C[C](C)(C)[Zr][C](C)(C)C.O=C(O)c1ccccc1O. The van der Waals surface area contributed by atoms with E-state index in [1.165, 1.54) is 12.1 Å². The van der Waals surface area contributed by atoms with Crippen LogP contribution < -0.4 is 0 Å². The van der Waals surface area contributed by atoms with E-state index >= 15 is 0 Å². The predicted octanol–water partition coefficient (Wildman–Crippen LogP) is 4.60. The molecule has 0 saturated heterocycles. The third-order valence-corrected chi connectivity index (χ3v) is 5.57. The summed E-state index contributed by atoms with van der Waals surface area (Å²) in [4.78, 5) is 10.3. The first-order chi connectivity index (χ1) is 8.42. The zero-order valence-electron chi connectivity index (χ0n) is 12.6. The Labute approximate surface area is 127 Å². The third-order valence-electron chi connectivity index (χ3n) is 1.88. The summed E-state index contributed by atoms with van der Waals surface area (Å²) in [5.74, 6) is -1.31. The summed E-state index contributed by atoms with van der Waals surface area (Å²) in [5, 5.41) is 17.3. The molecule has 0 atom stereocenters. The van der Waals surface area contributed by atoms with E-state index in [0.29, 0.717) is 6.25 Å². The summed E-state index contributed by atoms with van der Waals surface area (Å²) in [5.41, 5.74) is -0.0671. The van der Waals surface area contributed by atoms with Crippen LogP contribution in [0.1, 0.15) is 51.9 Å². The molecule has 1 aromatic rings. The number of carbonyl (C=O) groups is 1. The Morgan fingerprint density at radius 3 is 1.63 bits per heavy atom. The molecule has 0 aliphatic heterocycles. The van der Waals surface area contributed by atoms with E-state index in [1.807, 2.05) is 0 Å². The molecule has 0 amide bonds. The molecule has 0 spiro atoms. The van der Waals surface area contributed by atoms with Gasteiger partial charge in [-0.1, -0.05) is 12.1 Å². The quantitative estimate of drug-likeness (QED) is 0.783. The second-order valence-electron chi connectivity index (χ2n) is 6.45. The van der Waals surface area contributed by atoms with Gasteiger partial charge in [0.1, 0.15) is 11.3 Å². The molecular weight excluding hydrogens is 319 g/mol. The van der Waals surface area contributed by atoms with Crippen molar-refractivity contribution in [3.05, 3.63) is 29.8 Å². The number of phenols is 1. The summed E-state index contributed by atoms with van der Waals surface area (Å²) >= 11 is -0.182. The molecule has 3 nitrogen and oxygen atoms in total. The molecule has 0 aliphatic rings. The Morgan fingerprint density at radius 1 is 1.00 bits per heavy atom. The van der Waals surface area contributed by atoms with Gasteiger partial charge in [0.15, 0.2) is 0 Å². The van der Waals surface area contributed by atoms with Gasteiger partial charge in [0.25, 0.3) is 0 Å². The summed E-state index contributed by atoms with van der Waals surface area (Å²) < 4.78 is 1.31. The van der Waals surface area contributed by atoms with Crippen LogP contribution in [0.4, 0.5) is 0 Å². The van der Waals surface area contributed by atoms with Crippen molar-refractivity contribution in [1.29, 1.82) is 0 Å². The van der Waals surface area contributed by atoms with Crippen molar-refractivity contribution in [1.82, 2.24) is 0 Å². The van der Waals surface area contributed by atoms with Crippen LogP contribution in [-0.4, -0.2) is 16.2 Å². The van der Waals surface area contributed by atoms with Gasteiger partial charge in [-0.15, -0.1) is 0 Å². The number of carboxylic acids is 1. The average Bonchev–Trinajstić information content (AvgIpc) is 2.12. The number of carboxylic acid groups (broad SMARTS) is 1. The van der Waals surface area contributed by atoms with Crippen molar-refractivity contribution in [2.24, 2.45) is 0 Å². The van der Waals surface area contributed by atoms with Crippen molar-refractivity contribution in [2.75, 3.05) is 0 Å². The van der Waals surface area contributed by atoms with Crippen molar-refractivity contribution in [3.8, 4) is 5.75 Å². The molecule has 0 saturated carbocycles. The molecule has 0 heterocycles. The van der Waals surface area contributed by atoms with E-state index in [0.717, 1.165) is 0 Å². The summed E-state index contributed by atoms with van der Waals surface area (Å²) in [7, 11) is 0. The van der Waals surface area contributed by atoms with Crippen LogP contribution in [0, 0.1) is 0 Å². The monoisotopic (exact) mass is 342 g/mol. The minimum atomic E-state index is -1.11. The van der Waals surface area contributed by atoms with Gasteiger partial charge in [-0.05, 0) is 12.1 Å². The first-order valence-electron chi connectivity index (χ1n) is 6.23. The van der Waals surface area contributed by atoms with Gasteiger partial charge in [-0.25, -0.2) is 4.79 Å². The minimum Gasteiger partial charge on any atom is -0.507 e. The summed E-state index contributed by atoms with van der Waals surface area (Å²) in [6.45, 7) is 14.2. The topological polar surface area (TPSA) is 57.5 Å². The second kappa shape index (κ2) is 7.23. The van der Waals surface area contributed by atoms with E-state index in [2.05, 4.69) is 41.5 Å². The Kier molecular flexibility index (Phi) is 7.00. The Balaban J connectivity index is 0.000000344. The van der Waals surface area contributed by atoms with Crippen LogP contribution in [0.15, 0.2) is 24.3 Å². The van der Waals surface area contributed by atoms with Crippen molar-refractivity contribution < 1.29 is 38.2 Å².